The SMILES string of the molecule is Cc1c(Cl)cccc1NC(=O)C1CCCN(c2ccc(-n3ccnc3-c3ccccc3)nn2)C1. The number of anilines is 2. The quantitative estimate of drug-likeness (QED) is 0.435. The Kier molecular flexibility index (Phi) is 6.27. The van der Waals surface area contributed by atoms with Gasteiger partial charge in [0.2, 0.25) is 5.91 Å². The number of nitrogens with zero attached hydrogens (tertiary/aromatic N) is 5. The molecule has 172 valence electrons. The van der Waals surface area contributed by atoms with Crippen LogP contribution in [0.1, 0.15) is 18.4 Å². The molecule has 2 aromatic carbocycles. The van der Waals surface area contributed by atoms with Gasteiger partial charge in [-0.2, -0.15) is 0 Å². The zero-order valence-corrected chi connectivity index (χ0v) is 19.6. The fraction of sp³-hybridized carbons (Fsp3) is 0.231. The van der Waals surface area contributed by atoms with Crippen molar-refractivity contribution in [3.8, 4) is 17.2 Å². The molecule has 0 bridgehead atoms. The standard InChI is InChI=1S/C26H25ClN6O/c1-18-21(27)10-5-11-22(18)29-26(34)20-9-6-15-32(17-20)23-12-13-24(31-30-23)33-16-14-28-25(33)19-7-3-2-4-8-19/h2-5,7-8,10-14,16,20H,6,9,15,17H2,1H3,(H,29,34). The number of aromatic nitrogens is 4. The molecular formula is C26H25ClN6O. The van der Waals surface area contributed by atoms with Crippen molar-refractivity contribution in [3.05, 3.63) is 83.6 Å². The molecule has 0 radical (unpaired) electrons. The predicted octanol–water partition coefficient (Wildman–Crippen LogP) is 5.15. The molecule has 1 amide bonds. The van der Waals surface area contributed by atoms with Crippen molar-refractivity contribution in [3.63, 3.8) is 0 Å². The zero-order valence-electron chi connectivity index (χ0n) is 18.9. The van der Waals surface area contributed by atoms with Crippen LogP contribution in [-0.4, -0.2) is 38.7 Å². The Labute approximate surface area is 203 Å². The Morgan fingerprint density at radius 2 is 1.82 bits per heavy atom. The molecule has 7 nitrogen and oxygen atoms in total. The average Bonchev–Trinajstić information content (AvgIpc) is 3.38. The number of rotatable bonds is 5. The molecule has 0 spiro atoms. The van der Waals surface area contributed by atoms with Gasteiger partial charge in [-0.1, -0.05) is 48.0 Å². The summed E-state index contributed by atoms with van der Waals surface area (Å²) in [7, 11) is 0. The molecule has 8 heteroatoms. The third-order valence-corrected chi connectivity index (χ3v) is 6.61. The monoisotopic (exact) mass is 472 g/mol. The van der Waals surface area contributed by atoms with E-state index in [0.717, 1.165) is 47.8 Å². The highest BCUT2D eigenvalue weighted by atomic mass is 35.5. The number of nitrogens with one attached hydrogen (secondary N) is 1. The first kappa shape index (κ1) is 22.1. The lowest BCUT2D eigenvalue weighted by molar-refractivity contribution is -0.120. The van der Waals surface area contributed by atoms with Crippen molar-refractivity contribution in [1.29, 1.82) is 0 Å². The minimum absolute atomic E-state index is 0.00515. The van der Waals surface area contributed by atoms with Crippen molar-refractivity contribution >= 4 is 29.0 Å². The number of halogens is 1. The Morgan fingerprint density at radius 3 is 2.62 bits per heavy atom. The molecule has 0 saturated carbocycles. The van der Waals surface area contributed by atoms with Gasteiger partial charge >= 0.3 is 0 Å². The number of piperidine rings is 1. The van der Waals surface area contributed by atoms with Crippen molar-refractivity contribution in [2.24, 2.45) is 5.92 Å². The molecule has 2 aromatic heterocycles. The molecular weight excluding hydrogens is 448 g/mol. The van der Waals surface area contributed by atoms with Gasteiger partial charge in [-0.05, 0) is 49.6 Å². The van der Waals surface area contributed by atoms with E-state index in [-0.39, 0.29) is 11.8 Å². The Bertz CT molecular complexity index is 1290. The average molecular weight is 473 g/mol. The molecule has 1 fully saturated rings. The molecule has 1 N–H and O–H groups in total. The summed E-state index contributed by atoms with van der Waals surface area (Å²) < 4.78 is 1.92. The molecule has 0 aliphatic carbocycles. The van der Waals surface area contributed by atoms with E-state index in [4.69, 9.17) is 11.6 Å². The second-order valence-electron chi connectivity index (χ2n) is 8.42. The molecule has 1 atom stereocenters. The number of imidazole rings is 1. The highest BCUT2D eigenvalue weighted by molar-refractivity contribution is 6.31. The van der Waals surface area contributed by atoms with Crippen LogP contribution in [0.15, 0.2) is 73.1 Å². The van der Waals surface area contributed by atoms with Gasteiger partial charge in [0.15, 0.2) is 11.6 Å². The predicted molar refractivity (Wildman–Crippen MR) is 134 cm³/mol. The third-order valence-electron chi connectivity index (χ3n) is 6.20. The second kappa shape index (κ2) is 9.65. The van der Waals surface area contributed by atoms with Crippen molar-refractivity contribution in [2.75, 3.05) is 23.3 Å². The molecule has 34 heavy (non-hydrogen) atoms. The first-order valence-corrected chi connectivity index (χ1v) is 11.7. The molecule has 1 saturated heterocycles. The van der Waals surface area contributed by atoms with Crippen LogP contribution in [0.2, 0.25) is 5.02 Å². The summed E-state index contributed by atoms with van der Waals surface area (Å²) in [6.45, 7) is 3.35. The van der Waals surface area contributed by atoms with Gasteiger partial charge < -0.3 is 10.2 Å². The number of carbonyl (C=O) groups excluding carboxylic acids is 1. The number of amides is 1. The van der Waals surface area contributed by atoms with E-state index < -0.39 is 0 Å². The smallest absolute Gasteiger partial charge is 0.229 e. The Balaban J connectivity index is 1.29. The maximum absolute atomic E-state index is 13.0. The molecule has 1 aliphatic heterocycles. The highest BCUT2D eigenvalue weighted by Gasteiger charge is 2.27. The Morgan fingerprint density at radius 1 is 1.03 bits per heavy atom. The van der Waals surface area contributed by atoms with Gasteiger partial charge in [-0.25, -0.2) is 4.98 Å². The van der Waals surface area contributed by atoms with Gasteiger partial charge in [0, 0.05) is 41.8 Å². The van der Waals surface area contributed by atoms with Crippen molar-refractivity contribution in [2.45, 2.75) is 19.8 Å². The van der Waals surface area contributed by atoms with Crippen LogP contribution in [0.4, 0.5) is 11.5 Å². The van der Waals surface area contributed by atoms with E-state index in [1.807, 2.05) is 78.4 Å². The maximum Gasteiger partial charge on any atom is 0.229 e. The van der Waals surface area contributed by atoms with Gasteiger partial charge in [0.25, 0.3) is 0 Å². The van der Waals surface area contributed by atoms with Crippen LogP contribution in [0, 0.1) is 12.8 Å². The highest BCUT2D eigenvalue weighted by Crippen LogP contribution is 2.27. The summed E-state index contributed by atoms with van der Waals surface area (Å²) in [5.74, 6) is 2.15. The molecule has 5 rings (SSSR count). The minimum atomic E-state index is -0.132. The zero-order chi connectivity index (χ0) is 23.5. The van der Waals surface area contributed by atoms with Gasteiger partial charge in [-0.15, -0.1) is 10.2 Å². The van der Waals surface area contributed by atoms with Gasteiger partial charge in [0.05, 0.1) is 5.92 Å². The summed E-state index contributed by atoms with van der Waals surface area (Å²) >= 11 is 6.20. The van der Waals surface area contributed by atoms with Crippen LogP contribution in [-0.2, 0) is 4.79 Å². The van der Waals surface area contributed by atoms with Crippen LogP contribution >= 0.6 is 11.6 Å². The third kappa shape index (κ3) is 4.52. The first-order chi connectivity index (χ1) is 16.6. The topological polar surface area (TPSA) is 75.9 Å². The van der Waals surface area contributed by atoms with E-state index in [2.05, 4.69) is 25.4 Å². The lowest BCUT2D eigenvalue weighted by Gasteiger charge is -2.32. The summed E-state index contributed by atoms with van der Waals surface area (Å²) in [4.78, 5) is 19.6. The van der Waals surface area contributed by atoms with E-state index in [0.29, 0.717) is 17.4 Å². The normalized spacial score (nSPS) is 15.8. The Hall–Kier alpha value is -3.71. The lowest BCUT2D eigenvalue weighted by atomic mass is 9.97. The van der Waals surface area contributed by atoms with Crippen molar-refractivity contribution < 1.29 is 4.79 Å². The summed E-state index contributed by atoms with van der Waals surface area (Å²) in [5.41, 5.74) is 2.65. The molecule has 1 unspecified atom stereocenters. The fourth-order valence-electron chi connectivity index (χ4n) is 4.28. The van der Waals surface area contributed by atoms with Crippen molar-refractivity contribution in [1.82, 2.24) is 19.7 Å². The van der Waals surface area contributed by atoms with E-state index in [9.17, 15) is 4.79 Å². The van der Waals surface area contributed by atoms with Gasteiger partial charge in [0.1, 0.15) is 5.82 Å². The minimum Gasteiger partial charge on any atom is -0.354 e. The fourth-order valence-corrected chi connectivity index (χ4v) is 4.46. The number of benzene rings is 2. The largest absolute Gasteiger partial charge is 0.354 e. The number of hydrogen-bond donors (Lipinski definition) is 1. The van der Waals surface area contributed by atoms with Crippen LogP contribution in [0.25, 0.3) is 17.2 Å². The molecule has 1 aliphatic rings. The van der Waals surface area contributed by atoms with Gasteiger partial charge in [-0.3, -0.25) is 9.36 Å². The van der Waals surface area contributed by atoms with Crippen LogP contribution in [0.3, 0.4) is 0 Å². The number of hydrogen-bond acceptors (Lipinski definition) is 5. The second-order valence-corrected chi connectivity index (χ2v) is 8.83. The summed E-state index contributed by atoms with van der Waals surface area (Å²) in [6, 6.07) is 19.4. The summed E-state index contributed by atoms with van der Waals surface area (Å²) in [6.07, 6.45) is 5.39. The van der Waals surface area contributed by atoms with E-state index in [1.165, 1.54) is 0 Å². The molecule has 3 heterocycles. The summed E-state index contributed by atoms with van der Waals surface area (Å²) in [5, 5.41) is 12.6. The number of carbonyl (C=O) groups is 1. The maximum atomic E-state index is 13.0. The van der Waals surface area contributed by atoms with E-state index >= 15 is 0 Å². The van der Waals surface area contributed by atoms with E-state index in [1.54, 1.807) is 6.20 Å². The molecule has 4 aromatic rings. The van der Waals surface area contributed by atoms with Crippen LogP contribution < -0.4 is 10.2 Å². The first-order valence-electron chi connectivity index (χ1n) is 11.3. The van der Waals surface area contributed by atoms with Crippen LogP contribution in [0.5, 0.6) is 0 Å². The lowest BCUT2D eigenvalue weighted by Crippen LogP contribution is -2.41.